The van der Waals surface area contributed by atoms with Gasteiger partial charge < -0.3 is 4.74 Å². The van der Waals surface area contributed by atoms with Gasteiger partial charge in [0, 0.05) is 17.1 Å². The summed E-state index contributed by atoms with van der Waals surface area (Å²) < 4.78 is 19.5. The molecule has 0 aromatic heterocycles. The quantitative estimate of drug-likeness (QED) is 0.511. The summed E-state index contributed by atoms with van der Waals surface area (Å²) in [6, 6.07) is 2.84. The first-order valence-corrected chi connectivity index (χ1v) is 5.82. The number of nitrogens with two attached hydrogens (primary N) is 1. The highest BCUT2D eigenvalue weighted by Crippen LogP contribution is 2.31. The maximum absolute atomic E-state index is 13.9. The fraction of sp³-hybridized carbons (Fsp3) is 0.400. The van der Waals surface area contributed by atoms with E-state index in [0.717, 1.165) is 0 Å². The standard InChI is InChI=1S/C10H13BrClFN2O/c1-5(16-2)10(15-14)6-3-4-7(11)8(12)9(6)13/h3-5,10,15H,14H2,1-2H3. The van der Waals surface area contributed by atoms with Gasteiger partial charge in [0.15, 0.2) is 0 Å². The third-order valence-corrected chi connectivity index (χ3v) is 3.68. The van der Waals surface area contributed by atoms with Crippen LogP contribution in [-0.4, -0.2) is 13.2 Å². The number of methoxy groups -OCH3 is 1. The summed E-state index contributed by atoms with van der Waals surface area (Å²) >= 11 is 8.95. The molecule has 0 fully saturated rings. The first-order valence-electron chi connectivity index (χ1n) is 4.65. The van der Waals surface area contributed by atoms with E-state index in [-0.39, 0.29) is 11.1 Å². The smallest absolute Gasteiger partial charge is 0.147 e. The number of hydrogen-bond acceptors (Lipinski definition) is 3. The Morgan fingerprint density at radius 1 is 1.56 bits per heavy atom. The van der Waals surface area contributed by atoms with Crippen LogP contribution in [0.4, 0.5) is 4.39 Å². The van der Waals surface area contributed by atoms with Crippen molar-refractivity contribution in [1.82, 2.24) is 5.43 Å². The number of hydrazine groups is 1. The lowest BCUT2D eigenvalue weighted by atomic mass is 10.0. The van der Waals surface area contributed by atoms with Crippen LogP contribution in [0.15, 0.2) is 16.6 Å². The van der Waals surface area contributed by atoms with Gasteiger partial charge >= 0.3 is 0 Å². The molecule has 0 saturated carbocycles. The van der Waals surface area contributed by atoms with Crippen LogP contribution in [0.2, 0.25) is 5.02 Å². The van der Waals surface area contributed by atoms with Crippen LogP contribution in [0.1, 0.15) is 18.5 Å². The lowest BCUT2D eigenvalue weighted by Gasteiger charge is -2.23. The van der Waals surface area contributed by atoms with E-state index in [0.29, 0.717) is 10.0 Å². The van der Waals surface area contributed by atoms with Crippen molar-refractivity contribution in [2.24, 2.45) is 5.84 Å². The summed E-state index contributed by atoms with van der Waals surface area (Å²) in [4.78, 5) is 0. The monoisotopic (exact) mass is 310 g/mol. The van der Waals surface area contributed by atoms with Crippen LogP contribution in [0.3, 0.4) is 0 Å². The lowest BCUT2D eigenvalue weighted by molar-refractivity contribution is 0.0818. The van der Waals surface area contributed by atoms with Gasteiger partial charge in [0.25, 0.3) is 0 Å². The minimum Gasteiger partial charge on any atom is -0.380 e. The summed E-state index contributed by atoms with van der Waals surface area (Å²) in [5.41, 5.74) is 2.90. The Hall–Kier alpha value is -0.200. The number of ether oxygens (including phenoxy) is 1. The molecule has 3 N–H and O–H groups in total. The SMILES string of the molecule is COC(C)C(NN)c1ccc(Br)c(Cl)c1F. The van der Waals surface area contributed by atoms with Gasteiger partial charge in [-0.25, -0.2) is 4.39 Å². The Balaban J connectivity index is 3.16. The van der Waals surface area contributed by atoms with Crippen molar-refractivity contribution in [1.29, 1.82) is 0 Å². The Kier molecular flexibility index (Phi) is 5.14. The third kappa shape index (κ3) is 2.73. The molecule has 0 aliphatic heterocycles. The largest absolute Gasteiger partial charge is 0.380 e. The first-order chi connectivity index (χ1) is 7.52. The van der Waals surface area contributed by atoms with Crippen molar-refractivity contribution >= 4 is 27.5 Å². The summed E-state index contributed by atoms with van der Waals surface area (Å²) in [6.07, 6.45) is -0.267. The molecule has 2 atom stereocenters. The number of benzene rings is 1. The zero-order valence-corrected chi connectivity index (χ0v) is 11.3. The summed E-state index contributed by atoms with van der Waals surface area (Å²) in [5.74, 6) is 4.89. The Labute approximate surface area is 107 Å². The number of halogens is 3. The highest BCUT2D eigenvalue weighted by molar-refractivity contribution is 9.10. The zero-order valence-electron chi connectivity index (χ0n) is 8.93. The van der Waals surface area contributed by atoms with E-state index in [2.05, 4.69) is 21.4 Å². The van der Waals surface area contributed by atoms with E-state index < -0.39 is 11.9 Å². The predicted octanol–water partition coefficient (Wildman–Crippen LogP) is 2.78. The summed E-state index contributed by atoms with van der Waals surface area (Å²) in [7, 11) is 1.54. The summed E-state index contributed by atoms with van der Waals surface area (Å²) in [5, 5.41) is 0.0426. The molecule has 1 aromatic carbocycles. The molecule has 2 unspecified atom stereocenters. The molecule has 1 aromatic rings. The zero-order chi connectivity index (χ0) is 12.3. The van der Waals surface area contributed by atoms with E-state index in [9.17, 15) is 4.39 Å². The minimum absolute atomic E-state index is 0.0426. The molecule has 0 radical (unpaired) electrons. The van der Waals surface area contributed by atoms with Crippen molar-refractivity contribution in [2.75, 3.05) is 7.11 Å². The summed E-state index contributed by atoms with van der Waals surface area (Å²) in [6.45, 7) is 1.79. The van der Waals surface area contributed by atoms with E-state index in [4.69, 9.17) is 22.2 Å². The van der Waals surface area contributed by atoms with Gasteiger partial charge in [0.05, 0.1) is 17.2 Å². The second-order valence-electron chi connectivity index (χ2n) is 3.35. The predicted molar refractivity (Wildman–Crippen MR) is 65.6 cm³/mol. The fourth-order valence-electron chi connectivity index (χ4n) is 1.40. The van der Waals surface area contributed by atoms with Gasteiger partial charge in [-0.1, -0.05) is 17.7 Å². The topological polar surface area (TPSA) is 47.3 Å². The highest BCUT2D eigenvalue weighted by atomic mass is 79.9. The average Bonchev–Trinajstić information content (AvgIpc) is 2.29. The van der Waals surface area contributed by atoms with Gasteiger partial charge in [0.1, 0.15) is 5.82 Å². The van der Waals surface area contributed by atoms with Crippen molar-refractivity contribution in [3.05, 3.63) is 33.0 Å². The molecule has 0 spiro atoms. The molecular formula is C10H13BrClFN2O. The second kappa shape index (κ2) is 5.93. The molecule has 90 valence electrons. The lowest BCUT2D eigenvalue weighted by Crippen LogP contribution is -2.36. The number of nitrogens with one attached hydrogen (secondary N) is 1. The molecule has 0 heterocycles. The molecule has 0 saturated heterocycles. The third-order valence-electron chi connectivity index (χ3n) is 2.42. The first kappa shape index (κ1) is 13.9. The van der Waals surface area contributed by atoms with Crippen molar-refractivity contribution in [2.45, 2.75) is 19.1 Å². The van der Waals surface area contributed by atoms with Crippen LogP contribution in [0.25, 0.3) is 0 Å². The number of rotatable bonds is 4. The Morgan fingerprint density at radius 2 is 2.19 bits per heavy atom. The van der Waals surface area contributed by atoms with E-state index in [1.54, 1.807) is 19.1 Å². The molecule has 16 heavy (non-hydrogen) atoms. The van der Waals surface area contributed by atoms with Gasteiger partial charge in [-0.2, -0.15) is 0 Å². The molecule has 1 rings (SSSR count). The molecule has 0 aliphatic carbocycles. The molecule has 0 aliphatic rings. The minimum atomic E-state index is -0.497. The molecule has 0 amide bonds. The van der Waals surface area contributed by atoms with E-state index >= 15 is 0 Å². The van der Waals surface area contributed by atoms with Crippen molar-refractivity contribution in [3.8, 4) is 0 Å². The van der Waals surface area contributed by atoms with Gasteiger partial charge in [-0.3, -0.25) is 11.3 Å². The molecule has 0 bridgehead atoms. The number of hydrogen-bond donors (Lipinski definition) is 2. The van der Waals surface area contributed by atoms with Gasteiger partial charge in [-0.05, 0) is 28.9 Å². The Morgan fingerprint density at radius 3 is 2.69 bits per heavy atom. The Bertz CT molecular complexity index is 378. The molecule has 6 heteroatoms. The maximum Gasteiger partial charge on any atom is 0.147 e. The molecular weight excluding hydrogens is 298 g/mol. The maximum atomic E-state index is 13.9. The highest BCUT2D eigenvalue weighted by Gasteiger charge is 2.23. The second-order valence-corrected chi connectivity index (χ2v) is 4.58. The van der Waals surface area contributed by atoms with Crippen LogP contribution in [0.5, 0.6) is 0 Å². The van der Waals surface area contributed by atoms with E-state index in [1.807, 2.05) is 0 Å². The van der Waals surface area contributed by atoms with Gasteiger partial charge in [-0.15, -0.1) is 0 Å². The average molecular weight is 312 g/mol. The van der Waals surface area contributed by atoms with Gasteiger partial charge in [0.2, 0.25) is 0 Å². The fourth-order valence-corrected chi connectivity index (χ4v) is 1.87. The van der Waals surface area contributed by atoms with Crippen LogP contribution < -0.4 is 11.3 Å². The van der Waals surface area contributed by atoms with Crippen LogP contribution >= 0.6 is 27.5 Å². The molecule has 3 nitrogen and oxygen atoms in total. The van der Waals surface area contributed by atoms with Crippen molar-refractivity contribution < 1.29 is 9.13 Å². The van der Waals surface area contributed by atoms with Crippen LogP contribution in [0, 0.1) is 5.82 Å². The van der Waals surface area contributed by atoms with E-state index in [1.165, 1.54) is 7.11 Å². The van der Waals surface area contributed by atoms with Crippen molar-refractivity contribution in [3.63, 3.8) is 0 Å². The van der Waals surface area contributed by atoms with Crippen LogP contribution in [-0.2, 0) is 4.74 Å². The normalized spacial score (nSPS) is 14.9.